The Bertz CT molecular complexity index is 997. The van der Waals surface area contributed by atoms with Gasteiger partial charge in [0, 0.05) is 0 Å². The summed E-state index contributed by atoms with van der Waals surface area (Å²) in [6, 6.07) is 13.2. The number of phosphoric acid groups is 1. The molecule has 0 aromatic heterocycles. The quantitative estimate of drug-likeness (QED) is 0.152. The van der Waals surface area contributed by atoms with Gasteiger partial charge in [-0.3, -0.25) is 9.79 Å². The molecule has 0 radical (unpaired) electrons. The van der Waals surface area contributed by atoms with E-state index in [-0.39, 0.29) is 5.75 Å². The number of carbonyl (C=O) groups excluding carboxylic acids is 2. The maximum atomic E-state index is 12.6. The van der Waals surface area contributed by atoms with Gasteiger partial charge in [-0.1, -0.05) is 96.0 Å². The van der Waals surface area contributed by atoms with Gasteiger partial charge in [-0.15, -0.1) is 0 Å². The largest absolute Gasteiger partial charge is 0.524 e. The Hall–Kier alpha value is -2.67. The van der Waals surface area contributed by atoms with E-state index < -0.39 is 19.8 Å². The van der Waals surface area contributed by atoms with Gasteiger partial charge in [0.15, 0.2) is 0 Å². The number of hydrogen-bond donors (Lipinski definition) is 2. The Morgan fingerprint density at radius 1 is 0.750 bits per heavy atom. The van der Waals surface area contributed by atoms with Gasteiger partial charge in [0.25, 0.3) is 0 Å². The molecule has 2 N–H and O–H groups in total. The monoisotopic (exact) mass is 578 g/mol. The van der Waals surface area contributed by atoms with E-state index in [0.717, 1.165) is 56.9 Å². The summed E-state index contributed by atoms with van der Waals surface area (Å²) in [6.07, 6.45) is 8.61. The maximum Gasteiger partial charge on any atom is 0.524 e. The van der Waals surface area contributed by atoms with Crippen LogP contribution in [0.2, 0.25) is 0 Å². The molecule has 0 fully saturated rings. The molecule has 2 atom stereocenters. The third-order valence-corrected chi connectivity index (χ3v) is 7.05. The number of phosphoric ester groups is 1. The lowest BCUT2D eigenvalue weighted by molar-refractivity contribution is 0.0381. The van der Waals surface area contributed by atoms with Crippen LogP contribution in [0, 0.1) is 18.8 Å². The molecule has 0 heterocycles. The highest BCUT2D eigenvalue weighted by atomic mass is 31.2. The summed E-state index contributed by atoms with van der Waals surface area (Å²) in [5.74, 6) is 0.0220. The smallest absolute Gasteiger partial charge is 0.462 e. The first-order valence-electron chi connectivity index (χ1n) is 14.3. The van der Waals surface area contributed by atoms with Gasteiger partial charge in [0.05, 0.1) is 24.3 Å². The zero-order valence-corrected chi connectivity index (χ0v) is 25.5. The van der Waals surface area contributed by atoms with E-state index in [1.807, 2.05) is 6.92 Å². The normalized spacial score (nSPS) is 12.5. The number of hydrogen-bond acceptors (Lipinski definition) is 6. The van der Waals surface area contributed by atoms with Gasteiger partial charge < -0.3 is 14.0 Å². The van der Waals surface area contributed by atoms with Crippen LogP contribution < -0.4 is 4.52 Å². The highest BCUT2D eigenvalue weighted by molar-refractivity contribution is 7.46. The second kappa shape index (κ2) is 19.4. The van der Waals surface area contributed by atoms with Crippen molar-refractivity contribution in [3.05, 3.63) is 65.2 Å². The SMILES string of the molecule is CCCCC(CC)COC(=O)c1ccccc1C(=O)OCC(CC)CCCC.Cc1ccc(OP(=O)(O)O)cc1. The number of unbranched alkanes of at least 4 members (excludes halogenated alkanes) is 2. The van der Waals surface area contributed by atoms with Crippen LogP contribution in [0.1, 0.15) is 105 Å². The topological polar surface area (TPSA) is 119 Å². The number of ether oxygens (including phenoxy) is 2. The Labute approximate surface area is 239 Å². The van der Waals surface area contributed by atoms with Gasteiger partial charge in [0.2, 0.25) is 0 Å². The van der Waals surface area contributed by atoms with Crippen molar-refractivity contribution in [1.82, 2.24) is 0 Å². The number of aryl methyl sites for hydroxylation is 1. The third-order valence-electron chi connectivity index (χ3n) is 6.60. The van der Waals surface area contributed by atoms with Crippen LogP contribution in [-0.4, -0.2) is 34.9 Å². The van der Waals surface area contributed by atoms with E-state index in [1.54, 1.807) is 36.4 Å². The summed E-state index contributed by atoms with van der Waals surface area (Å²) < 4.78 is 25.7. The minimum absolute atomic E-state index is 0.175. The van der Waals surface area contributed by atoms with Gasteiger partial charge in [-0.2, -0.15) is 0 Å². The van der Waals surface area contributed by atoms with Crippen LogP contribution in [0.5, 0.6) is 5.75 Å². The third kappa shape index (κ3) is 14.6. The maximum absolute atomic E-state index is 12.6. The highest BCUT2D eigenvalue weighted by Gasteiger charge is 2.21. The summed E-state index contributed by atoms with van der Waals surface area (Å²) >= 11 is 0. The predicted molar refractivity (Wildman–Crippen MR) is 157 cm³/mol. The zero-order valence-electron chi connectivity index (χ0n) is 24.6. The summed E-state index contributed by atoms with van der Waals surface area (Å²) in [5.41, 5.74) is 1.59. The second-order valence-corrected chi connectivity index (χ2v) is 11.1. The first kappa shape index (κ1) is 35.4. The van der Waals surface area contributed by atoms with E-state index in [2.05, 4.69) is 32.2 Å². The standard InChI is InChI=1S/C24H38O4.C7H9O4P/c1-5-9-13-19(7-3)17-27-23(25)21-15-11-12-16-22(21)24(26)28-18-20(8-4)14-10-6-2;1-6-2-4-7(5-3-6)11-12(8,9)10/h11-12,15-16,19-20H,5-10,13-14,17-18H2,1-4H3;2-5H,1H3,(H2,8,9,10). The average Bonchev–Trinajstić information content (AvgIpc) is 2.94. The van der Waals surface area contributed by atoms with E-state index in [1.165, 1.54) is 12.1 Å². The van der Waals surface area contributed by atoms with Crippen LogP contribution in [-0.2, 0) is 14.0 Å². The molecular formula is C31H47O8P. The fourth-order valence-corrected chi connectivity index (χ4v) is 4.31. The number of benzene rings is 2. The minimum atomic E-state index is -4.40. The van der Waals surface area contributed by atoms with E-state index in [0.29, 0.717) is 36.2 Å². The molecule has 2 aromatic rings. The molecule has 9 heteroatoms. The lowest BCUT2D eigenvalue weighted by Gasteiger charge is -2.17. The summed E-state index contributed by atoms with van der Waals surface area (Å²) in [4.78, 5) is 42.0. The number of carbonyl (C=O) groups is 2. The molecule has 0 aliphatic heterocycles. The van der Waals surface area contributed by atoms with E-state index >= 15 is 0 Å². The molecule has 0 saturated carbocycles. The first-order valence-corrected chi connectivity index (χ1v) is 15.8. The second-order valence-electron chi connectivity index (χ2n) is 9.97. The molecule has 2 unspecified atom stereocenters. The predicted octanol–water partition coefficient (Wildman–Crippen LogP) is 7.90. The molecular weight excluding hydrogens is 531 g/mol. The van der Waals surface area contributed by atoms with Crippen LogP contribution in [0.25, 0.3) is 0 Å². The molecule has 0 aliphatic carbocycles. The van der Waals surface area contributed by atoms with Crippen LogP contribution in [0.15, 0.2) is 48.5 Å². The van der Waals surface area contributed by atoms with Crippen molar-refractivity contribution in [1.29, 1.82) is 0 Å². The molecule has 8 nitrogen and oxygen atoms in total. The molecule has 0 saturated heterocycles. The number of rotatable bonds is 16. The van der Waals surface area contributed by atoms with Crippen molar-refractivity contribution < 1.29 is 37.9 Å². The average molecular weight is 579 g/mol. The fourth-order valence-electron chi connectivity index (χ4n) is 3.91. The van der Waals surface area contributed by atoms with Gasteiger partial charge in [-0.05, 0) is 55.9 Å². The summed E-state index contributed by atoms with van der Waals surface area (Å²) in [6.45, 7) is 11.2. The van der Waals surface area contributed by atoms with Gasteiger partial charge in [-0.25, -0.2) is 14.2 Å². The zero-order chi connectivity index (χ0) is 30.0. The molecule has 40 heavy (non-hydrogen) atoms. The van der Waals surface area contributed by atoms with Crippen molar-refractivity contribution in [3.63, 3.8) is 0 Å². The lowest BCUT2D eigenvalue weighted by atomic mass is 10.0. The van der Waals surface area contributed by atoms with Crippen molar-refractivity contribution in [2.24, 2.45) is 11.8 Å². The summed E-state index contributed by atoms with van der Waals surface area (Å²) in [7, 11) is -4.40. The van der Waals surface area contributed by atoms with Crippen LogP contribution >= 0.6 is 7.82 Å². The minimum Gasteiger partial charge on any atom is -0.462 e. The molecule has 224 valence electrons. The highest BCUT2D eigenvalue weighted by Crippen LogP contribution is 2.37. The fraction of sp³-hybridized carbons (Fsp3) is 0.548. The lowest BCUT2D eigenvalue weighted by Crippen LogP contribution is -2.19. The molecule has 0 amide bonds. The molecule has 0 bridgehead atoms. The summed E-state index contributed by atoms with van der Waals surface area (Å²) in [5, 5.41) is 0. The molecule has 0 spiro atoms. The van der Waals surface area contributed by atoms with Crippen LogP contribution in [0.4, 0.5) is 0 Å². The van der Waals surface area contributed by atoms with Gasteiger partial charge in [0.1, 0.15) is 5.75 Å². The van der Waals surface area contributed by atoms with Crippen LogP contribution in [0.3, 0.4) is 0 Å². The molecule has 2 aromatic carbocycles. The first-order chi connectivity index (χ1) is 19.0. The van der Waals surface area contributed by atoms with Crippen molar-refractivity contribution in [2.75, 3.05) is 13.2 Å². The van der Waals surface area contributed by atoms with E-state index in [4.69, 9.17) is 19.3 Å². The molecule has 0 aliphatic rings. The Morgan fingerprint density at radius 2 is 1.18 bits per heavy atom. The Balaban J connectivity index is 0.000000552. The van der Waals surface area contributed by atoms with Crippen molar-refractivity contribution >= 4 is 19.8 Å². The number of esters is 2. The Kier molecular flexibility index (Phi) is 17.2. The Morgan fingerprint density at radius 3 is 1.52 bits per heavy atom. The van der Waals surface area contributed by atoms with Gasteiger partial charge >= 0.3 is 19.8 Å². The van der Waals surface area contributed by atoms with E-state index in [9.17, 15) is 14.2 Å². The van der Waals surface area contributed by atoms with Crippen molar-refractivity contribution in [2.45, 2.75) is 86.0 Å². The molecule has 2 rings (SSSR count). The van der Waals surface area contributed by atoms with Crippen molar-refractivity contribution in [3.8, 4) is 5.75 Å².